The number of carbonyl (C=O) groups excluding carboxylic acids is 6. The van der Waals surface area contributed by atoms with Gasteiger partial charge in [-0.2, -0.15) is 13.2 Å². The number of aromatic amines is 1. The Bertz CT molecular complexity index is 3460. The Hall–Kier alpha value is -7.54. The summed E-state index contributed by atoms with van der Waals surface area (Å²) in [5.41, 5.74) is 2.16. The number of unbranched alkanes of at least 4 members (excludes halogenated alkanes) is 7. The molecule has 0 spiro atoms. The first-order chi connectivity index (χ1) is 43.8. The van der Waals surface area contributed by atoms with Gasteiger partial charge in [0.05, 0.1) is 57.1 Å². The van der Waals surface area contributed by atoms with Crippen molar-refractivity contribution in [2.45, 2.75) is 154 Å². The van der Waals surface area contributed by atoms with Crippen molar-refractivity contribution in [1.29, 1.82) is 0 Å². The van der Waals surface area contributed by atoms with E-state index in [9.17, 15) is 56.2 Å². The average molecular weight is 1290 g/mol. The van der Waals surface area contributed by atoms with Gasteiger partial charge >= 0.3 is 6.18 Å². The van der Waals surface area contributed by atoms with Gasteiger partial charge in [0.15, 0.2) is 5.67 Å². The molecule has 19 nitrogen and oxygen atoms in total. The zero-order valence-electron chi connectivity index (χ0n) is 53.3. The minimum absolute atomic E-state index is 0.0525. The molecule has 9 rings (SSSR count). The molecule has 1 unspecified atom stereocenters. The Labute approximate surface area is 539 Å². The maximum atomic E-state index is 14.8. The van der Waals surface area contributed by atoms with Gasteiger partial charge in [-0.1, -0.05) is 108 Å². The molecular formula is C68H87F4N11O8S. The number of amides is 6. The van der Waals surface area contributed by atoms with Gasteiger partial charge in [-0.05, 0) is 91.1 Å². The van der Waals surface area contributed by atoms with E-state index in [1.54, 1.807) is 32.3 Å². The molecular weight excluding hydrogens is 1210 g/mol. The summed E-state index contributed by atoms with van der Waals surface area (Å²) in [5, 5.41) is 22.2. The van der Waals surface area contributed by atoms with Crippen LogP contribution in [-0.2, 0) is 36.7 Å². The van der Waals surface area contributed by atoms with E-state index >= 15 is 0 Å². The van der Waals surface area contributed by atoms with Gasteiger partial charge in [0.25, 0.3) is 11.8 Å². The fraction of sp³-hybridized carbons (Fsp3) is 0.529. The first-order valence-electron chi connectivity index (χ1n) is 32.2. The fourth-order valence-corrected chi connectivity index (χ4v) is 13.1. The van der Waals surface area contributed by atoms with Gasteiger partial charge < -0.3 is 51.0 Å². The highest BCUT2D eigenvalue weighted by Gasteiger charge is 2.53. The summed E-state index contributed by atoms with van der Waals surface area (Å²) >= 11 is 1.51. The van der Waals surface area contributed by atoms with E-state index in [0.29, 0.717) is 81.8 Å². The number of benzene rings is 3. The van der Waals surface area contributed by atoms with Crippen molar-refractivity contribution in [1.82, 2.24) is 45.5 Å². The number of pyridine rings is 1. The number of aryl methyl sites for hydroxylation is 1. The second-order valence-corrected chi connectivity index (χ2v) is 27.0. The van der Waals surface area contributed by atoms with Crippen LogP contribution in [0.4, 0.5) is 28.9 Å². The normalized spacial score (nSPS) is 18.5. The minimum atomic E-state index is -4.92. The number of thiazole rings is 1. The number of nitrogens with one attached hydrogen (secondary N) is 5. The Kier molecular flexibility index (Phi) is 22.8. The molecule has 2 aromatic heterocycles. The van der Waals surface area contributed by atoms with Gasteiger partial charge in [-0.3, -0.25) is 38.5 Å². The van der Waals surface area contributed by atoms with Gasteiger partial charge in [-0.15, -0.1) is 11.3 Å². The SMILES string of the molecule is Cc1ncsc1-c1ccc(C(CC(=O)NCCCCCCCCCCC(=O)N2CCN(Cc3cccc(-c4ccc(N5CCN(C)CC5)c(NC(=O)c5c[nH]c(=O)cc5C(F)(F)F)c4)c3)CC2)NC(=O)[C@@H]2C[C@@H](O)CN2C(=O)[C@@H](NC(=O)C2(F)CC2)C(C)(C)C)cc1. The lowest BCUT2D eigenvalue weighted by Gasteiger charge is -2.36. The number of aliphatic hydroxyl groups excluding tert-OH is 1. The van der Waals surface area contributed by atoms with Crippen molar-refractivity contribution in [3.8, 4) is 21.6 Å². The van der Waals surface area contributed by atoms with Crippen molar-refractivity contribution in [2.75, 3.05) is 82.7 Å². The average Bonchev–Trinajstić information content (AvgIpc) is 1.47. The summed E-state index contributed by atoms with van der Waals surface area (Å²) in [6, 6.07) is 18.5. The zero-order chi connectivity index (χ0) is 65.9. The Balaban J connectivity index is 0.683. The van der Waals surface area contributed by atoms with Gasteiger partial charge in [0, 0.05) is 97.1 Å². The predicted octanol–water partition coefficient (Wildman–Crippen LogP) is 9.01. The van der Waals surface area contributed by atoms with Crippen LogP contribution in [-0.4, -0.2) is 166 Å². The largest absolute Gasteiger partial charge is 0.417 e. The van der Waals surface area contributed by atoms with Crippen molar-refractivity contribution in [2.24, 2.45) is 5.41 Å². The first-order valence-corrected chi connectivity index (χ1v) is 33.1. The third-order valence-corrected chi connectivity index (χ3v) is 18.9. The van der Waals surface area contributed by atoms with Crippen LogP contribution in [0.15, 0.2) is 89.3 Å². The van der Waals surface area contributed by atoms with Crippen LogP contribution in [0.2, 0.25) is 0 Å². The number of aliphatic hydroxyl groups is 1. The molecule has 5 heterocycles. The molecule has 24 heteroatoms. The standard InChI is InChI=1S/C68H87F4N11O8S/c1-44-60(92-43-75-44)47-20-18-46(19-21-47)53(76-63(89)56-37-50(84)42-83(56)64(90)61(66(2,3)4)78-65(91)67(69)24-25-67)39-58(86)73-26-13-11-9-7-6-8-10-12-17-59(87)82-33-29-80(30-34-82)41-45-15-14-16-48(35-45)49-22-23-55(81-31-27-79(5)28-32-81)54(36-49)77-62(88)51-40-74-57(85)38-52(51)68(70,71)72/h14-16,18-23,35-36,38,40,43,50,53,56,61,84H,6-13,17,24-34,37,39,41-42H2,1-5H3,(H,73,86)(H,74,85)(H,76,89)(H,77,88)(H,78,91)/t50-,53?,56+,61-/m1/s1. The van der Waals surface area contributed by atoms with E-state index in [4.69, 9.17) is 0 Å². The number of halogens is 4. The lowest BCUT2D eigenvalue weighted by Crippen LogP contribution is -2.59. The highest BCUT2D eigenvalue weighted by atomic mass is 32.1. The van der Waals surface area contributed by atoms with Crippen LogP contribution in [0.1, 0.15) is 143 Å². The number of piperazine rings is 2. The number of aromatic nitrogens is 2. The quantitative estimate of drug-likeness (QED) is 0.0225. The van der Waals surface area contributed by atoms with Crippen molar-refractivity contribution in [3.63, 3.8) is 0 Å². The molecule has 0 bridgehead atoms. The Morgan fingerprint density at radius 1 is 0.804 bits per heavy atom. The van der Waals surface area contributed by atoms with E-state index < -0.39 is 81.8 Å². The van der Waals surface area contributed by atoms with E-state index in [0.717, 1.165) is 103 Å². The van der Waals surface area contributed by atoms with E-state index in [1.807, 2.05) is 73.5 Å². The number of H-pyrrole nitrogens is 1. The summed E-state index contributed by atoms with van der Waals surface area (Å²) in [6.45, 7) is 13.6. The Morgan fingerprint density at radius 3 is 2.12 bits per heavy atom. The highest BCUT2D eigenvalue weighted by Crippen LogP contribution is 2.41. The molecule has 4 fully saturated rings. The van der Waals surface area contributed by atoms with Crippen LogP contribution in [0.3, 0.4) is 0 Å². The molecule has 3 aromatic carbocycles. The smallest absolute Gasteiger partial charge is 0.391 e. The highest BCUT2D eigenvalue weighted by molar-refractivity contribution is 7.13. The zero-order valence-corrected chi connectivity index (χ0v) is 54.1. The topological polar surface area (TPSA) is 233 Å². The summed E-state index contributed by atoms with van der Waals surface area (Å²) in [7, 11) is 2.01. The molecule has 496 valence electrons. The molecule has 3 saturated heterocycles. The van der Waals surface area contributed by atoms with E-state index in [1.165, 1.54) is 16.2 Å². The second-order valence-electron chi connectivity index (χ2n) is 26.2. The van der Waals surface area contributed by atoms with Crippen molar-refractivity contribution in [3.05, 3.63) is 123 Å². The molecule has 3 aliphatic heterocycles. The molecule has 4 aliphatic rings. The van der Waals surface area contributed by atoms with E-state index in [-0.39, 0.29) is 44.0 Å². The molecule has 1 saturated carbocycles. The third-order valence-electron chi connectivity index (χ3n) is 18.0. The number of likely N-dealkylation sites (tertiary alicyclic amines) is 1. The van der Waals surface area contributed by atoms with Crippen molar-refractivity contribution < 1.29 is 51.4 Å². The van der Waals surface area contributed by atoms with Crippen LogP contribution in [0.5, 0.6) is 0 Å². The number of nitrogens with zero attached hydrogens (tertiary/aromatic N) is 6. The molecule has 6 N–H and O–H groups in total. The van der Waals surface area contributed by atoms with Gasteiger partial charge in [0.1, 0.15) is 12.1 Å². The first kappa shape index (κ1) is 68.8. The third kappa shape index (κ3) is 18.2. The van der Waals surface area contributed by atoms with Crippen LogP contribution in [0.25, 0.3) is 21.6 Å². The number of carbonyl (C=O) groups is 6. The molecule has 6 amide bonds. The maximum absolute atomic E-state index is 14.8. The molecule has 1 aliphatic carbocycles. The maximum Gasteiger partial charge on any atom is 0.417 e. The van der Waals surface area contributed by atoms with Crippen LogP contribution in [0, 0.1) is 12.3 Å². The number of rotatable bonds is 26. The number of alkyl halides is 4. The van der Waals surface area contributed by atoms with E-state index in [2.05, 4.69) is 52.0 Å². The van der Waals surface area contributed by atoms with Crippen LogP contribution >= 0.6 is 11.3 Å². The number of likely N-dealkylation sites (N-methyl/N-ethyl adjacent to an activating group) is 1. The van der Waals surface area contributed by atoms with Gasteiger partial charge in [0.2, 0.25) is 29.2 Å². The predicted molar refractivity (Wildman–Crippen MR) is 346 cm³/mol. The summed E-state index contributed by atoms with van der Waals surface area (Å²) in [5.74, 6) is -3.11. The Morgan fingerprint density at radius 2 is 1.47 bits per heavy atom. The molecule has 92 heavy (non-hydrogen) atoms. The number of hydrogen-bond donors (Lipinski definition) is 6. The fourth-order valence-electron chi connectivity index (χ4n) is 12.3. The molecule has 0 radical (unpaired) electrons. The molecule has 4 atom stereocenters. The lowest BCUT2D eigenvalue weighted by atomic mass is 9.85. The van der Waals surface area contributed by atoms with Crippen molar-refractivity contribution >= 4 is 58.2 Å². The summed E-state index contributed by atoms with van der Waals surface area (Å²) in [4.78, 5) is 111. The second kappa shape index (κ2) is 30.5. The lowest BCUT2D eigenvalue weighted by molar-refractivity contribution is -0.145. The van der Waals surface area contributed by atoms with Crippen LogP contribution < -0.4 is 31.7 Å². The number of β-amino-alcohol motifs (C(OH)–C–C–N with tert-alkyl or cyclic N) is 1. The summed E-state index contributed by atoms with van der Waals surface area (Å²) < 4.78 is 56.7. The summed E-state index contributed by atoms with van der Waals surface area (Å²) in [6.07, 6.45) is 2.92. The number of hydrogen-bond acceptors (Lipinski definition) is 13. The monoisotopic (exact) mass is 1290 g/mol. The van der Waals surface area contributed by atoms with Gasteiger partial charge in [-0.25, -0.2) is 9.37 Å². The number of anilines is 2. The molecule has 5 aromatic rings. The minimum Gasteiger partial charge on any atom is -0.391 e.